The third-order valence-corrected chi connectivity index (χ3v) is 4.53. The summed E-state index contributed by atoms with van der Waals surface area (Å²) in [4.78, 5) is 26.4. The molecule has 1 aromatic carbocycles. The molecule has 0 radical (unpaired) electrons. The molecule has 1 saturated heterocycles. The Hall–Kier alpha value is -2.23. The second-order valence-corrected chi connectivity index (χ2v) is 8.06. The Morgan fingerprint density at radius 2 is 2.11 bits per heavy atom. The second-order valence-electron chi connectivity index (χ2n) is 7.65. The molecule has 0 spiro atoms. The highest BCUT2D eigenvalue weighted by Gasteiger charge is 2.41. The number of β-amino-alcohol motifs (C(OH)–C–C–N with tert-alkyl or cyclic N) is 1. The molecule has 1 aromatic rings. The molecule has 1 aliphatic rings. The molecule has 0 aromatic heterocycles. The summed E-state index contributed by atoms with van der Waals surface area (Å²) < 4.78 is 5.34. The highest BCUT2D eigenvalue weighted by molar-refractivity contribution is 6.31. The smallest absolute Gasteiger partial charge is 0.411 e. The van der Waals surface area contributed by atoms with Crippen LogP contribution in [0.2, 0.25) is 5.02 Å². The van der Waals surface area contributed by atoms with Crippen LogP contribution in [0.15, 0.2) is 18.2 Å². The van der Waals surface area contributed by atoms with Gasteiger partial charge in [0.2, 0.25) is 5.91 Å². The van der Waals surface area contributed by atoms with Crippen molar-refractivity contribution in [3.63, 3.8) is 0 Å². The SMILES string of the molecule is C#Cc1ccc([C@H](C)NC(=O)[C@@H]2C[C@@H](O)CN2C(=O)OC(C)(C)C)c(Cl)c1. The molecule has 3 atom stereocenters. The van der Waals surface area contributed by atoms with E-state index in [-0.39, 0.29) is 18.9 Å². The lowest BCUT2D eigenvalue weighted by atomic mass is 10.1. The number of hydrogen-bond donors (Lipinski definition) is 2. The van der Waals surface area contributed by atoms with Gasteiger partial charge in [-0.15, -0.1) is 6.42 Å². The highest BCUT2D eigenvalue weighted by Crippen LogP contribution is 2.26. The average Bonchev–Trinajstić information content (AvgIpc) is 2.95. The molecule has 27 heavy (non-hydrogen) atoms. The highest BCUT2D eigenvalue weighted by atomic mass is 35.5. The Kier molecular flexibility index (Phi) is 6.40. The zero-order valence-electron chi connectivity index (χ0n) is 16.0. The van der Waals surface area contributed by atoms with E-state index in [1.165, 1.54) is 4.90 Å². The summed E-state index contributed by atoms with van der Waals surface area (Å²) in [5.41, 5.74) is 0.675. The molecular weight excluding hydrogens is 368 g/mol. The fraction of sp³-hybridized carbons (Fsp3) is 0.500. The number of carbonyl (C=O) groups excluding carboxylic acids is 2. The van der Waals surface area contributed by atoms with Crippen LogP contribution in [-0.4, -0.2) is 46.3 Å². The van der Waals surface area contributed by atoms with Crippen LogP contribution in [0.1, 0.15) is 51.3 Å². The fourth-order valence-corrected chi connectivity index (χ4v) is 3.28. The zero-order valence-corrected chi connectivity index (χ0v) is 16.7. The van der Waals surface area contributed by atoms with E-state index in [1.807, 2.05) is 0 Å². The molecule has 1 fully saturated rings. The van der Waals surface area contributed by atoms with Crippen LogP contribution in [-0.2, 0) is 9.53 Å². The Labute approximate surface area is 164 Å². The van der Waals surface area contributed by atoms with Crippen molar-refractivity contribution in [3.8, 4) is 12.3 Å². The number of likely N-dealkylation sites (tertiary alicyclic amines) is 1. The third kappa shape index (κ3) is 5.38. The normalized spacial score (nSPS) is 20.7. The van der Waals surface area contributed by atoms with Crippen LogP contribution in [0.3, 0.4) is 0 Å². The summed E-state index contributed by atoms with van der Waals surface area (Å²) in [6.45, 7) is 7.08. The first-order valence-corrected chi connectivity index (χ1v) is 9.13. The van der Waals surface area contributed by atoms with Crippen molar-refractivity contribution in [2.45, 2.75) is 57.9 Å². The van der Waals surface area contributed by atoms with Gasteiger partial charge >= 0.3 is 6.09 Å². The summed E-state index contributed by atoms with van der Waals surface area (Å²) in [6.07, 6.45) is 4.11. The van der Waals surface area contributed by atoms with Crippen molar-refractivity contribution in [1.82, 2.24) is 10.2 Å². The molecule has 6 nitrogen and oxygen atoms in total. The number of amides is 2. The van der Waals surface area contributed by atoms with Gasteiger partial charge in [-0.05, 0) is 45.4 Å². The number of nitrogens with zero attached hydrogens (tertiary/aromatic N) is 1. The van der Waals surface area contributed by atoms with Gasteiger partial charge in [0.1, 0.15) is 11.6 Å². The summed E-state index contributed by atoms with van der Waals surface area (Å²) in [5.74, 6) is 2.13. The molecule has 0 saturated carbocycles. The van der Waals surface area contributed by atoms with Gasteiger partial charge in [0.15, 0.2) is 0 Å². The van der Waals surface area contributed by atoms with Gasteiger partial charge in [-0.3, -0.25) is 9.69 Å². The first-order chi connectivity index (χ1) is 12.5. The Bertz CT molecular complexity index is 766. The van der Waals surface area contributed by atoms with E-state index < -0.39 is 29.9 Å². The number of nitrogens with one attached hydrogen (secondary N) is 1. The molecule has 0 unspecified atom stereocenters. The van der Waals surface area contributed by atoms with E-state index in [0.29, 0.717) is 16.1 Å². The van der Waals surface area contributed by atoms with E-state index in [2.05, 4.69) is 11.2 Å². The minimum atomic E-state index is -0.805. The fourth-order valence-electron chi connectivity index (χ4n) is 2.94. The molecule has 7 heteroatoms. The number of hydrogen-bond acceptors (Lipinski definition) is 4. The van der Waals surface area contributed by atoms with Crippen LogP contribution in [0.25, 0.3) is 0 Å². The van der Waals surface area contributed by atoms with E-state index in [4.69, 9.17) is 22.8 Å². The first kappa shape index (κ1) is 21.1. The number of aliphatic hydroxyl groups is 1. The average molecular weight is 393 g/mol. The predicted molar refractivity (Wildman–Crippen MR) is 103 cm³/mol. The van der Waals surface area contributed by atoms with Gasteiger partial charge < -0.3 is 15.2 Å². The van der Waals surface area contributed by atoms with Crippen molar-refractivity contribution in [1.29, 1.82) is 0 Å². The number of ether oxygens (including phenoxy) is 1. The van der Waals surface area contributed by atoms with Crippen molar-refractivity contribution < 1.29 is 19.4 Å². The van der Waals surface area contributed by atoms with Crippen LogP contribution in [0.4, 0.5) is 4.79 Å². The van der Waals surface area contributed by atoms with Crippen molar-refractivity contribution in [2.75, 3.05) is 6.54 Å². The van der Waals surface area contributed by atoms with Crippen LogP contribution in [0, 0.1) is 12.3 Å². The van der Waals surface area contributed by atoms with Gasteiger partial charge in [-0.1, -0.05) is 23.6 Å². The van der Waals surface area contributed by atoms with Gasteiger partial charge in [0, 0.05) is 17.0 Å². The Morgan fingerprint density at radius 3 is 2.67 bits per heavy atom. The number of halogens is 1. The second kappa shape index (κ2) is 8.20. The minimum Gasteiger partial charge on any atom is -0.444 e. The molecule has 0 aliphatic carbocycles. The number of rotatable bonds is 3. The number of carbonyl (C=O) groups is 2. The van der Waals surface area contributed by atoms with Gasteiger partial charge in [0.05, 0.1) is 18.7 Å². The molecule has 2 amide bonds. The maximum atomic E-state index is 12.7. The van der Waals surface area contributed by atoms with Crippen LogP contribution >= 0.6 is 11.6 Å². The minimum absolute atomic E-state index is 0.0546. The Morgan fingerprint density at radius 1 is 1.44 bits per heavy atom. The van der Waals surface area contributed by atoms with E-state index >= 15 is 0 Å². The maximum absolute atomic E-state index is 12.7. The molecule has 146 valence electrons. The first-order valence-electron chi connectivity index (χ1n) is 8.76. The lowest BCUT2D eigenvalue weighted by Crippen LogP contribution is -2.48. The molecule has 1 aliphatic heterocycles. The summed E-state index contributed by atoms with van der Waals surface area (Å²) >= 11 is 6.25. The molecule has 2 N–H and O–H groups in total. The van der Waals surface area contributed by atoms with Crippen LogP contribution in [0.5, 0.6) is 0 Å². The van der Waals surface area contributed by atoms with Gasteiger partial charge in [-0.25, -0.2) is 4.79 Å². The standard InChI is InChI=1S/C20H25ClN2O4/c1-6-13-7-8-15(16(21)9-13)12(2)22-18(25)17-10-14(24)11-23(17)19(26)27-20(3,4)5/h1,7-9,12,14,17,24H,10-11H2,2-5H3,(H,22,25)/t12-,14+,17-/m0/s1. The predicted octanol–water partition coefficient (Wildman–Crippen LogP) is 2.87. The van der Waals surface area contributed by atoms with Crippen molar-refractivity contribution >= 4 is 23.6 Å². The number of aliphatic hydroxyl groups excluding tert-OH is 1. The van der Waals surface area contributed by atoms with Crippen molar-refractivity contribution in [2.24, 2.45) is 0 Å². The number of terminal acetylenes is 1. The van der Waals surface area contributed by atoms with Crippen LogP contribution < -0.4 is 5.32 Å². The zero-order chi connectivity index (χ0) is 20.4. The van der Waals surface area contributed by atoms with Crippen molar-refractivity contribution in [3.05, 3.63) is 34.3 Å². The van der Waals surface area contributed by atoms with Gasteiger partial charge in [0.25, 0.3) is 0 Å². The maximum Gasteiger partial charge on any atom is 0.411 e. The largest absolute Gasteiger partial charge is 0.444 e. The summed E-state index contributed by atoms with van der Waals surface area (Å²) in [5, 5.41) is 13.3. The van der Waals surface area contributed by atoms with E-state index in [0.717, 1.165) is 0 Å². The van der Waals surface area contributed by atoms with Gasteiger partial charge in [-0.2, -0.15) is 0 Å². The molecular formula is C20H25ClN2O4. The van der Waals surface area contributed by atoms with E-state index in [1.54, 1.807) is 45.9 Å². The quantitative estimate of drug-likeness (QED) is 0.775. The summed E-state index contributed by atoms with van der Waals surface area (Å²) in [7, 11) is 0. The Balaban J connectivity index is 2.11. The lowest BCUT2D eigenvalue weighted by Gasteiger charge is -2.28. The monoisotopic (exact) mass is 392 g/mol. The lowest BCUT2D eigenvalue weighted by molar-refractivity contribution is -0.126. The molecule has 0 bridgehead atoms. The molecule has 2 rings (SSSR count). The van der Waals surface area contributed by atoms with E-state index in [9.17, 15) is 14.7 Å². The topological polar surface area (TPSA) is 78.9 Å². The molecule has 1 heterocycles. The summed E-state index contributed by atoms with van der Waals surface area (Å²) in [6, 6.07) is 3.97. The number of benzene rings is 1. The third-order valence-electron chi connectivity index (χ3n) is 4.20.